The number of ketones is 1. The van der Waals surface area contributed by atoms with Gasteiger partial charge in [0.25, 0.3) is 0 Å². The summed E-state index contributed by atoms with van der Waals surface area (Å²) in [4.78, 5) is 11.7. The third-order valence-corrected chi connectivity index (χ3v) is 2.97. The summed E-state index contributed by atoms with van der Waals surface area (Å²) in [6, 6.07) is 10.1. The smallest absolute Gasteiger partial charge is 0.149 e. The fourth-order valence-electron chi connectivity index (χ4n) is 1.88. The highest BCUT2D eigenvalue weighted by molar-refractivity contribution is 5.83. The lowest BCUT2D eigenvalue weighted by atomic mass is 10.1. The Kier molecular flexibility index (Phi) is 7.30. The van der Waals surface area contributed by atoms with E-state index in [4.69, 9.17) is 4.74 Å². The molecule has 0 saturated heterocycles. The van der Waals surface area contributed by atoms with Gasteiger partial charge in [-0.2, -0.15) is 0 Å². The summed E-state index contributed by atoms with van der Waals surface area (Å²) < 4.78 is 5.54. The Morgan fingerprint density at radius 1 is 1.33 bits per heavy atom. The van der Waals surface area contributed by atoms with Crippen LogP contribution in [0.5, 0.6) is 0 Å². The maximum absolute atomic E-state index is 11.7. The number of hydrogen-bond donors (Lipinski definition) is 1. The van der Waals surface area contributed by atoms with Gasteiger partial charge in [-0.25, -0.2) is 0 Å². The number of likely N-dealkylation sites (N-methyl/N-ethyl adjacent to an activating group) is 1. The van der Waals surface area contributed by atoms with Gasteiger partial charge in [0.2, 0.25) is 0 Å². The molecule has 18 heavy (non-hydrogen) atoms. The molecule has 1 aromatic rings. The van der Waals surface area contributed by atoms with Gasteiger partial charge in [0.1, 0.15) is 5.78 Å². The molecule has 0 aliphatic heterocycles. The third kappa shape index (κ3) is 5.43. The second kappa shape index (κ2) is 8.84. The predicted octanol–water partition coefficient (Wildman–Crippen LogP) is 2.55. The van der Waals surface area contributed by atoms with E-state index in [1.165, 1.54) is 5.56 Å². The van der Waals surface area contributed by atoms with E-state index in [1.54, 1.807) is 0 Å². The molecular formula is C15H23NO2. The Balaban J connectivity index is 2.10. The molecule has 100 valence electrons. The van der Waals surface area contributed by atoms with Crippen LogP contribution in [0.2, 0.25) is 0 Å². The summed E-state index contributed by atoms with van der Waals surface area (Å²) in [5.74, 6) is 0.281. The van der Waals surface area contributed by atoms with E-state index in [0.717, 1.165) is 12.8 Å². The molecule has 1 unspecified atom stereocenters. The number of Topliss-reactive ketones (excluding diaryl/α,β-unsaturated/α-hetero) is 1. The van der Waals surface area contributed by atoms with Crippen LogP contribution in [0, 0.1) is 0 Å². The molecule has 1 atom stereocenters. The van der Waals surface area contributed by atoms with Gasteiger partial charge < -0.3 is 10.1 Å². The Morgan fingerprint density at radius 3 is 2.67 bits per heavy atom. The third-order valence-electron chi connectivity index (χ3n) is 2.97. The molecule has 0 amide bonds. The molecule has 0 radical (unpaired) electrons. The van der Waals surface area contributed by atoms with Crippen molar-refractivity contribution < 1.29 is 9.53 Å². The lowest BCUT2D eigenvalue weighted by Crippen LogP contribution is -2.33. The van der Waals surface area contributed by atoms with Crippen LogP contribution in [0.3, 0.4) is 0 Å². The lowest BCUT2D eigenvalue weighted by Gasteiger charge is -2.12. The normalized spacial score (nSPS) is 12.3. The molecule has 1 aromatic carbocycles. The van der Waals surface area contributed by atoms with E-state index in [9.17, 15) is 4.79 Å². The van der Waals surface area contributed by atoms with Gasteiger partial charge in [-0.05, 0) is 25.5 Å². The van der Waals surface area contributed by atoms with Crippen molar-refractivity contribution in [2.45, 2.75) is 38.8 Å². The molecule has 1 rings (SSSR count). The highest BCUT2D eigenvalue weighted by Crippen LogP contribution is 2.03. The van der Waals surface area contributed by atoms with Gasteiger partial charge in [-0.1, -0.05) is 37.3 Å². The Labute approximate surface area is 110 Å². The summed E-state index contributed by atoms with van der Waals surface area (Å²) >= 11 is 0. The summed E-state index contributed by atoms with van der Waals surface area (Å²) in [5, 5.41) is 3.03. The number of carbonyl (C=O) groups is 1. The molecule has 0 bridgehead atoms. The van der Waals surface area contributed by atoms with E-state index in [0.29, 0.717) is 19.6 Å². The van der Waals surface area contributed by atoms with E-state index in [-0.39, 0.29) is 11.8 Å². The van der Waals surface area contributed by atoms with E-state index >= 15 is 0 Å². The van der Waals surface area contributed by atoms with Crippen molar-refractivity contribution in [2.75, 3.05) is 13.7 Å². The topological polar surface area (TPSA) is 38.3 Å². The number of carbonyl (C=O) groups excluding carboxylic acids is 1. The average molecular weight is 249 g/mol. The van der Waals surface area contributed by atoms with Crippen molar-refractivity contribution in [3.05, 3.63) is 35.9 Å². The second-order valence-corrected chi connectivity index (χ2v) is 4.36. The van der Waals surface area contributed by atoms with Crippen LogP contribution in [0.15, 0.2) is 30.3 Å². The highest BCUT2D eigenvalue weighted by Gasteiger charge is 2.12. The van der Waals surface area contributed by atoms with E-state index in [1.807, 2.05) is 44.3 Å². The summed E-state index contributed by atoms with van der Waals surface area (Å²) in [5.41, 5.74) is 1.17. The van der Waals surface area contributed by atoms with E-state index < -0.39 is 0 Å². The monoisotopic (exact) mass is 249 g/mol. The number of nitrogens with one attached hydrogen (secondary N) is 1. The first-order valence-electron chi connectivity index (χ1n) is 6.59. The van der Waals surface area contributed by atoms with Crippen molar-refractivity contribution in [1.29, 1.82) is 0 Å². The lowest BCUT2D eigenvalue weighted by molar-refractivity contribution is -0.121. The molecule has 0 aliphatic carbocycles. The number of hydrogen-bond acceptors (Lipinski definition) is 3. The molecule has 0 fully saturated rings. The molecule has 3 heteroatoms. The SMILES string of the molecule is CCC(NC)C(=O)CCCOCc1ccccc1. The predicted molar refractivity (Wildman–Crippen MR) is 73.5 cm³/mol. The van der Waals surface area contributed by atoms with Crippen LogP contribution < -0.4 is 5.32 Å². The Bertz CT molecular complexity index is 334. The second-order valence-electron chi connectivity index (χ2n) is 4.36. The van der Waals surface area contributed by atoms with Crippen LogP contribution >= 0.6 is 0 Å². The highest BCUT2D eigenvalue weighted by atomic mass is 16.5. The minimum Gasteiger partial charge on any atom is -0.377 e. The molecule has 0 aromatic heterocycles. The van der Waals surface area contributed by atoms with Crippen molar-refractivity contribution in [1.82, 2.24) is 5.32 Å². The van der Waals surface area contributed by atoms with Gasteiger partial charge in [-0.3, -0.25) is 4.79 Å². The standard InChI is InChI=1S/C15H23NO2/c1-3-14(16-2)15(17)10-7-11-18-12-13-8-5-4-6-9-13/h4-6,8-9,14,16H,3,7,10-12H2,1-2H3. The molecule has 0 saturated carbocycles. The first kappa shape index (κ1) is 14.9. The zero-order valence-electron chi connectivity index (χ0n) is 11.3. The van der Waals surface area contributed by atoms with Crippen molar-refractivity contribution in [3.8, 4) is 0 Å². The van der Waals surface area contributed by atoms with Crippen molar-refractivity contribution >= 4 is 5.78 Å². The molecule has 0 spiro atoms. The van der Waals surface area contributed by atoms with Crippen LogP contribution in [0.4, 0.5) is 0 Å². The zero-order valence-corrected chi connectivity index (χ0v) is 11.3. The Morgan fingerprint density at radius 2 is 2.06 bits per heavy atom. The van der Waals surface area contributed by atoms with Crippen molar-refractivity contribution in [2.24, 2.45) is 0 Å². The molecule has 0 aliphatic rings. The minimum atomic E-state index is -0.000812. The quantitative estimate of drug-likeness (QED) is 0.684. The van der Waals surface area contributed by atoms with Gasteiger partial charge in [0.15, 0.2) is 0 Å². The maximum atomic E-state index is 11.7. The first-order chi connectivity index (χ1) is 8.77. The number of rotatable bonds is 9. The van der Waals surface area contributed by atoms with Gasteiger partial charge in [0, 0.05) is 13.0 Å². The first-order valence-corrected chi connectivity index (χ1v) is 6.59. The molecule has 1 N–H and O–H groups in total. The minimum absolute atomic E-state index is 0.000812. The van der Waals surface area contributed by atoms with Gasteiger partial charge in [-0.15, -0.1) is 0 Å². The van der Waals surface area contributed by atoms with Crippen LogP contribution in [0.25, 0.3) is 0 Å². The van der Waals surface area contributed by atoms with E-state index in [2.05, 4.69) is 5.32 Å². The van der Waals surface area contributed by atoms with Crippen molar-refractivity contribution in [3.63, 3.8) is 0 Å². The van der Waals surface area contributed by atoms with Crippen LogP contribution in [-0.2, 0) is 16.1 Å². The summed E-state index contributed by atoms with van der Waals surface area (Å²) in [6.45, 7) is 3.28. The number of benzene rings is 1. The zero-order chi connectivity index (χ0) is 13.2. The summed E-state index contributed by atoms with van der Waals surface area (Å²) in [6.07, 6.45) is 2.23. The van der Waals surface area contributed by atoms with Crippen LogP contribution in [-0.4, -0.2) is 25.5 Å². The molecule has 0 heterocycles. The number of ether oxygens (including phenoxy) is 1. The largest absolute Gasteiger partial charge is 0.377 e. The molecule has 3 nitrogen and oxygen atoms in total. The van der Waals surface area contributed by atoms with Gasteiger partial charge >= 0.3 is 0 Å². The maximum Gasteiger partial charge on any atom is 0.149 e. The molecular weight excluding hydrogens is 226 g/mol. The summed E-state index contributed by atoms with van der Waals surface area (Å²) in [7, 11) is 1.83. The van der Waals surface area contributed by atoms with Crippen LogP contribution in [0.1, 0.15) is 31.7 Å². The van der Waals surface area contributed by atoms with Gasteiger partial charge in [0.05, 0.1) is 12.6 Å². The average Bonchev–Trinajstić information content (AvgIpc) is 2.41. The fraction of sp³-hybridized carbons (Fsp3) is 0.533. The Hall–Kier alpha value is -1.19. The fourth-order valence-corrected chi connectivity index (χ4v) is 1.88.